The normalized spacial score (nSPS) is 27.3. The molecule has 2 amide bonds. The number of halogens is 1. The van der Waals surface area contributed by atoms with Crippen LogP contribution in [-0.2, 0) is 23.9 Å². The van der Waals surface area contributed by atoms with Crippen LogP contribution in [0.25, 0.3) is 0 Å². The maximum atomic E-state index is 14.8. The molecule has 40 heavy (non-hydrogen) atoms. The lowest BCUT2D eigenvalue weighted by molar-refractivity contribution is -0.154. The number of anilines is 1. The molecule has 2 unspecified atom stereocenters. The van der Waals surface area contributed by atoms with Crippen LogP contribution in [0.2, 0.25) is 5.02 Å². The number of nitrogens with zero attached hydrogens (tertiary/aromatic N) is 2. The van der Waals surface area contributed by atoms with Gasteiger partial charge in [0.2, 0.25) is 5.91 Å². The molecular weight excluding hydrogens is 532 g/mol. The molecule has 210 valence electrons. The highest BCUT2D eigenvalue weighted by Gasteiger charge is 2.75. The first-order valence-corrected chi connectivity index (χ1v) is 13.8. The second kappa shape index (κ2) is 11.2. The molecule has 9 heteroatoms. The van der Waals surface area contributed by atoms with Crippen LogP contribution in [0, 0.1) is 18.8 Å². The third-order valence-electron chi connectivity index (χ3n) is 8.32. The Labute approximate surface area is 238 Å². The minimum atomic E-state index is -1.27. The predicted molar refractivity (Wildman–Crippen MR) is 151 cm³/mol. The first kappa shape index (κ1) is 28.1. The third-order valence-corrected chi connectivity index (χ3v) is 8.62. The number of aliphatic hydroxyl groups is 1. The Morgan fingerprint density at radius 1 is 1.23 bits per heavy atom. The fourth-order valence-electron chi connectivity index (χ4n) is 6.77. The molecule has 8 nitrogen and oxygen atoms in total. The van der Waals surface area contributed by atoms with Crippen molar-refractivity contribution in [2.24, 2.45) is 11.8 Å². The van der Waals surface area contributed by atoms with Gasteiger partial charge >= 0.3 is 5.97 Å². The average molecular weight is 565 g/mol. The maximum absolute atomic E-state index is 14.8. The number of hydrogen-bond donors (Lipinski definition) is 1. The minimum Gasteiger partial charge on any atom is -0.461 e. The highest BCUT2D eigenvalue weighted by atomic mass is 35.5. The van der Waals surface area contributed by atoms with E-state index in [1.165, 1.54) is 15.9 Å². The van der Waals surface area contributed by atoms with Crippen molar-refractivity contribution in [1.82, 2.24) is 4.90 Å². The van der Waals surface area contributed by atoms with E-state index in [9.17, 15) is 19.5 Å². The van der Waals surface area contributed by atoms with Gasteiger partial charge in [-0.2, -0.15) is 0 Å². The van der Waals surface area contributed by atoms with Gasteiger partial charge in [-0.1, -0.05) is 72.8 Å². The zero-order valence-corrected chi connectivity index (χ0v) is 23.1. The van der Waals surface area contributed by atoms with E-state index in [1.807, 2.05) is 31.2 Å². The third kappa shape index (κ3) is 4.35. The molecule has 0 saturated carbocycles. The zero-order chi connectivity index (χ0) is 28.6. The number of benzene rings is 2. The van der Waals surface area contributed by atoms with Crippen LogP contribution in [0.4, 0.5) is 5.69 Å². The van der Waals surface area contributed by atoms with Gasteiger partial charge in [-0.05, 0) is 37.0 Å². The molecule has 0 aromatic heterocycles. The van der Waals surface area contributed by atoms with Gasteiger partial charge in [0.1, 0.15) is 18.2 Å². The van der Waals surface area contributed by atoms with E-state index in [4.69, 9.17) is 21.1 Å². The highest BCUT2D eigenvalue weighted by Crippen LogP contribution is 2.60. The molecule has 3 saturated heterocycles. The number of rotatable bonds is 10. The number of para-hydroxylation sites is 1. The fourth-order valence-corrected chi connectivity index (χ4v) is 7.10. The molecule has 3 aliphatic heterocycles. The summed E-state index contributed by atoms with van der Waals surface area (Å²) in [4.78, 5) is 45.3. The monoisotopic (exact) mass is 564 g/mol. The second-order valence-electron chi connectivity index (χ2n) is 10.5. The molecule has 6 atom stereocenters. The lowest BCUT2D eigenvalue weighted by Crippen LogP contribution is -2.57. The van der Waals surface area contributed by atoms with Crippen molar-refractivity contribution >= 4 is 35.1 Å². The second-order valence-corrected chi connectivity index (χ2v) is 10.9. The Kier molecular flexibility index (Phi) is 7.86. The number of likely N-dealkylation sites (tertiary alicyclic amines) is 1. The summed E-state index contributed by atoms with van der Waals surface area (Å²) in [7, 11) is 0. The first-order valence-electron chi connectivity index (χ1n) is 13.4. The van der Waals surface area contributed by atoms with Crippen molar-refractivity contribution in [2.45, 2.75) is 43.6 Å². The molecular formula is C31H33ClN2O6. The summed E-state index contributed by atoms with van der Waals surface area (Å²) >= 11 is 6.61. The molecule has 2 aromatic carbocycles. The van der Waals surface area contributed by atoms with Crippen molar-refractivity contribution < 1.29 is 29.0 Å². The van der Waals surface area contributed by atoms with Crippen LogP contribution < -0.4 is 4.90 Å². The number of aliphatic hydroxyl groups excluding tert-OH is 1. The number of amides is 2. The van der Waals surface area contributed by atoms with Gasteiger partial charge < -0.3 is 24.4 Å². The highest BCUT2D eigenvalue weighted by molar-refractivity contribution is 6.34. The molecule has 2 aromatic rings. The van der Waals surface area contributed by atoms with Crippen LogP contribution in [0.5, 0.6) is 0 Å². The summed E-state index contributed by atoms with van der Waals surface area (Å²) in [6.45, 7) is 9.01. The molecule has 1 spiro atoms. The van der Waals surface area contributed by atoms with E-state index >= 15 is 0 Å². The Bertz CT molecular complexity index is 1310. The van der Waals surface area contributed by atoms with Crippen LogP contribution in [0.1, 0.15) is 30.0 Å². The maximum Gasteiger partial charge on any atom is 0.312 e. The SMILES string of the molecule is C=CCOC(=O)[C@@H]1[C@H]2C(=O)N([C@H](CO)c3ccccc3)C(C(=O)N(CC=C)c3c(C)cccc3Cl)C23CC[C@H]1O3. The van der Waals surface area contributed by atoms with Crippen LogP contribution >= 0.6 is 11.6 Å². The van der Waals surface area contributed by atoms with E-state index in [-0.39, 0.29) is 13.2 Å². The minimum absolute atomic E-state index is 0.00418. The van der Waals surface area contributed by atoms with Gasteiger partial charge in [-0.3, -0.25) is 14.4 Å². The lowest BCUT2D eigenvalue weighted by Gasteiger charge is -2.39. The molecule has 3 heterocycles. The Balaban J connectivity index is 1.66. The van der Waals surface area contributed by atoms with Crippen molar-refractivity contribution in [3.8, 4) is 0 Å². The summed E-state index contributed by atoms with van der Waals surface area (Å²) in [5.41, 5.74) is 0.679. The van der Waals surface area contributed by atoms with Crippen LogP contribution in [-0.4, -0.2) is 65.3 Å². The molecule has 3 aliphatic rings. The van der Waals surface area contributed by atoms with Crippen molar-refractivity contribution in [3.63, 3.8) is 0 Å². The van der Waals surface area contributed by atoms with Gasteiger partial charge in [0.25, 0.3) is 5.91 Å². The lowest BCUT2D eigenvalue weighted by atomic mass is 9.70. The molecule has 0 radical (unpaired) electrons. The van der Waals surface area contributed by atoms with E-state index in [0.717, 1.165) is 5.56 Å². The van der Waals surface area contributed by atoms with Gasteiger partial charge in [0.05, 0.1) is 41.3 Å². The quantitative estimate of drug-likeness (QED) is 0.346. The van der Waals surface area contributed by atoms with E-state index < -0.39 is 60.0 Å². The van der Waals surface area contributed by atoms with Crippen molar-refractivity contribution in [1.29, 1.82) is 0 Å². The first-order chi connectivity index (χ1) is 19.3. The topological polar surface area (TPSA) is 96.4 Å². The van der Waals surface area contributed by atoms with Gasteiger partial charge in [0.15, 0.2) is 0 Å². The predicted octanol–water partition coefficient (Wildman–Crippen LogP) is 4.00. The standard InChI is InChI=1S/C31H33ClN2O6/c1-4-16-33(26-19(3)10-9-13-21(26)32)29(37)27-31-15-14-23(40-31)24(30(38)39-17-5-2)25(31)28(36)34(27)22(18-35)20-11-7-6-8-12-20/h4-13,22-25,27,35H,1-2,14-18H2,3H3/t22-,23-,24+,25+,27?,31?/m1/s1. The number of carbonyl (C=O) groups excluding carboxylic acids is 3. The fraction of sp³-hybridized carbons (Fsp3) is 0.387. The summed E-state index contributed by atoms with van der Waals surface area (Å²) in [6.07, 6.45) is 3.41. The van der Waals surface area contributed by atoms with E-state index in [1.54, 1.807) is 30.3 Å². The summed E-state index contributed by atoms with van der Waals surface area (Å²) in [5.74, 6) is -3.19. The average Bonchev–Trinajstić information content (AvgIpc) is 3.59. The van der Waals surface area contributed by atoms with Crippen molar-refractivity contribution in [3.05, 3.63) is 90.0 Å². The Morgan fingerprint density at radius 2 is 1.98 bits per heavy atom. The number of hydrogen-bond acceptors (Lipinski definition) is 6. The smallest absolute Gasteiger partial charge is 0.312 e. The molecule has 1 N–H and O–H groups in total. The molecule has 5 rings (SSSR count). The van der Waals surface area contributed by atoms with Gasteiger partial charge in [-0.15, -0.1) is 6.58 Å². The molecule has 0 aliphatic carbocycles. The number of aryl methyl sites for hydroxylation is 1. The number of esters is 1. The summed E-state index contributed by atoms with van der Waals surface area (Å²) < 4.78 is 11.9. The van der Waals surface area contributed by atoms with Crippen molar-refractivity contribution in [2.75, 3.05) is 24.7 Å². The van der Waals surface area contributed by atoms with Gasteiger partial charge in [0, 0.05) is 6.54 Å². The zero-order valence-electron chi connectivity index (χ0n) is 22.4. The van der Waals surface area contributed by atoms with Crippen LogP contribution in [0.15, 0.2) is 73.8 Å². The van der Waals surface area contributed by atoms with Crippen LogP contribution in [0.3, 0.4) is 0 Å². The molecule has 3 fully saturated rings. The number of fused-ring (bicyclic) bond motifs is 1. The van der Waals surface area contributed by atoms with E-state index in [0.29, 0.717) is 29.1 Å². The largest absolute Gasteiger partial charge is 0.461 e. The number of ether oxygens (including phenoxy) is 2. The molecule has 2 bridgehead atoms. The van der Waals surface area contributed by atoms with E-state index in [2.05, 4.69) is 13.2 Å². The summed E-state index contributed by atoms with van der Waals surface area (Å²) in [5, 5.41) is 11.0. The Hall–Kier alpha value is -3.46. The Morgan fingerprint density at radius 3 is 2.62 bits per heavy atom. The number of carbonyl (C=O) groups is 3. The summed E-state index contributed by atoms with van der Waals surface area (Å²) in [6, 6.07) is 12.5. The van der Waals surface area contributed by atoms with Gasteiger partial charge in [-0.25, -0.2) is 0 Å².